The molecule has 0 heterocycles. The predicted octanol–water partition coefficient (Wildman–Crippen LogP) is 3.93. The highest BCUT2D eigenvalue weighted by atomic mass is 35.5. The number of carbonyl (C=O) groups excluding carboxylic acids is 2. The molecule has 138 valence electrons. The molecule has 0 radical (unpaired) electrons. The maximum Gasteiger partial charge on any atom is 0.342 e. The normalized spacial score (nSPS) is 11.4. The van der Waals surface area contributed by atoms with Crippen molar-refractivity contribution in [2.75, 3.05) is 19.0 Å². The molecule has 1 N–H and O–H groups in total. The van der Waals surface area contributed by atoms with E-state index in [0.29, 0.717) is 28.8 Å². The number of rotatable bonds is 7. The molecule has 0 bridgehead atoms. The first-order chi connectivity index (χ1) is 12.5. The second-order valence-electron chi connectivity index (χ2n) is 5.31. The van der Waals surface area contributed by atoms with Crippen LogP contribution in [-0.2, 0) is 9.53 Å². The summed E-state index contributed by atoms with van der Waals surface area (Å²) in [6.45, 7) is 3.79. The molecular weight excluding hydrogens is 358 g/mol. The number of benzene rings is 2. The van der Waals surface area contributed by atoms with Gasteiger partial charge in [0.25, 0.3) is 5.91 Å². The Hall–Kier alpha value is -2.73. The van der Waals surface area contributed by atoms with Crippen LogP contribution in [0, 0.1) is 0 Å². The van der Waals surface area contributed by atoms with Gasteiger partial charge >= 0.3 is 5.97 Å². The minimum absolute atomic E-state index is 0.148. The zero-order valence-electron chi connectivity index (χ0n) is 14.7. The van der Waals surface area contributed by atoms with Crippen molar-refractivity contribution in [1.29, 1.82) is 0 Å². The molecule has 0 aliphatic carbocycles. The van der Waals surface area contributed by atoms with Gasteiger partial charge in [0.15, 0.2) is 6.10 Å². The van der Waals surface area contributed by atoms with Gasteiger partial charge in [-0.15, -0.1) is 0 Å². The lowest BCUT2D eigenvalue weighted by molar-refractivity contribution is -0.123. The summed E-state index contributed by atoms with van der Waals surface area (Å²) in [5.74, 6) is -0.330. The van der Waals surface area contributed by atoms with Gasteiger partial charge in [-0.1, -0.05) is 23.7 Å². The van der Waals surface area contributed by atoms with Gasteiger partial charge in [-0.25, -0.2) is 4.79 Å². The Morgan fingerprint density at radius 3 is 2.58 bits per heavy atom. The van der Waals surface area contributed by atoms with E-state index < -0.39 is 18.0 Å². The molecule has 0 unspecified atom stereocenters. The van der Waals surface area contributed by atoms with Gasteiger partial charge < -0.3 is 19.5 Å². The summed E-state index contributed by atoms with van der Waals surface area (Å²) >= 11 is 5.91. The highest BCUT2D eigenvalue weighted by Gasteiger charge is 2.22. The second-order valence-corrected chi connectivity index (χ2v) is 5.75. The molecule has 0 aliphatic heterocycles. The van der Waals surface area contributed by atoms with Gasteiger partial charge in [0.2, 0.25) is 0 Å². The number of amides is 1. The van der Waals surface area contributed by atoms with Crippen LogP contribution < -0.4 is 14.8 Å². The van der Waals surface area contributed by atoms with Crippen molar-refractivity contribution in [3.8, 4) is 11.5 Å². The molecule has 26 heavy (non-hydrogen) atoms. The van der Waals surface area contributed by atoms with Crippen LogP contribution in [0.25, 0.3) is 0 Å². The minimum atomic E-state index is -1.03. The molecule has 2 aromatic rings. The average Bonchev–Trinajstić information content (AvgIpc) is 2.63. The van der Waals surface area contributed by atoms with Crippen LogP contribution in [0.1, 0.15) is 24.2 Å². The van der Waals surface area contributed by atoms with Crippen molar-refractivity contribution in [3.05, 3.63) is 53.1 Å². The first kappa shape index (κ1) is 19.6. The Morgan fingerprint density at radius 1 is 1.15 bits per heavy atom. The lowest BCUT2D eigenvalue weighted by Crippen LogP contribution is -2.30. The summed E-state index contributed by atoms with van der Waals surface area (Å²) in [6, 6.07) is 11.6. The van der Waals surface area contributed by atoms with Crippen molar-refractivity contribution in [3.63, 3.8) is 0 Å². The van der Waals surface area contributed by atoms with Crippen molar-refractivity contribution in [2.24, 2.45) is 0 Å². The van der Waals surface area contributed by atoms with Crippen LogP contribution >= 0.6 is 11.6 Å². The number of para-hydroxylation sites is 2. The third-order valence-electron chi connectivity index (χ3n) is 3.48. The molecule has 7 heteroatoms. The number of nitrogens with one attached hydrogen (secondary N) is 1. The Morgan fingerprint density at radius 2 is 1.88 bits per heavy atom. The molecule has 0 saturated carbocycles. The molecule has 0 aromatic heterocycles. The molecule has 1 amide bonds. The van der Waals surface area contributed by atoms with Gasteiger partial charge in [0.1, 0.15) is 17.1 Å². The number of methoxy groups -OCH3 is 1. The number of anilines is 1. The molecule has 2 aromatic carbocycles. The van der Waals surface area contributed by atoms with E-state index in [0.717, 1.165) is 0 Å². The van der Waals surface area contributed by atoms with Gasteiger partial charge in [-0.2, -0.15) is 0 Å². The molecule has 0 fully saturated rings. The van der Waals surface area contributed by atoms with E-state index in [1.807, 2.05) is 6.92 Å². The van der Waals surface area contributed by atoms with Gasteiger partial charge in [-0.3, -0.25) is 4.79 Å². The number of esters is 1. The fraction of sp³-hybridized carbons (Fsp3) is 0.263. The van der Waals surface area contributed by atoms with Crippen LogP contribution in [0.4, 0.5) is 5.69 Å². The highest BCUT2D eigenvalue weighted by molar-refractivity contribution is 6.31. The zero-order valence-corrected chi connectivity index (χ0v) is 15.5. The van der Waals surface area contributed by atoms with Gasteiger partial charge in [0, 0.05) is 5.02 Å². The maximum atomic E-state index is 12.4. The monoisotopic (exact) mass is 377 g/mol. The zero-order chi connectivity index (χ0) is 19.1. The SMILES string of the molecule is CCOc1ccccc1NC(=O)[C@H](C)OC(=O)c1cc(Cl)ccc1OC. The van der Waals surface area contributed by atoms with Gasteiger partial charge in [0.05, 0.1) is 19.4 Å². The fourth-order valence-electron chi connectivity index (χ4n) is 2.20. The molecule has 2 rings (SSSR count). The summed E-state index contributed by atoms with van der Waals surface area (Å²) in [7, 11) is 1.43. The standard InChI is InChI=1S/C19H20ClNO5/c1-4-25-17-8-6-5-7-15(17)21-18(22)12(2)26-19(23)14-11-13(20)9-10-16(14)24-3/h5-12H,4H2,1-3H3,(H,21,22)/t12-/m0/s1. The fourth-order valence-corrected chi connectivity index (χ4v) is 2.38. The third-order valence-corrected chi connectivity index (χ3v) is 3.71. The quantitative estimate of drug-likeness (QED) is 0.740. The lowest BCUT2D eigenvalue weighted by Gasteiger charge is -2.16. The summed E-state index contributed by atoms with van der Waals surface area (Å²) < 4.78 is 15.8. The minimum Gasteiger partial charge on any atom is -0.496 e. The maximum absolute atomic E-state index is 12.4. The van der Waals surface area contributed by atoms with Crippen LogP contribution in [0.2, 0.25) is 5.02 Å². The smallest absolute Gasteiger partial charge is 0.342 e. The van der Waals surface area contributed by atoms with E-state index in [1.54, 1.807) is 36.4 Å². The van der Waals surface area contributed by atoms with Crippen molar-refractivity contribution in [1.82, 2.24) is 0 Å². The molecule has 1 atom stereocenters. The number of hydrogen-bond acceptors (Lipinski definition) is 5. The topological polar surface area (TPSA) is 73.9 Å². The van der Waals surface area contributed by atoms with Crippen molar-refractivity contribution >= 4 is 29.2 Å². The van der Waals surface area contributed by atoms with E-state index in [1.165, 1.54) is 20.1 Å². The van der Waals surface area contributed by atoms with Crippen LogP contribution in [-0.4, -0.2) is 31.7 Å². The third kappa shape index (κ3) is 4.89. The molecular formula is C19H20ClNO5. The molecule has 0 saturated heterocycles. The molecule has 6 nitrogen and oxygen atoms in total. The number of hydrogen-bond donors (Lipinski definition) is 1. The van der Waals surface area contributed by atoms with Crippen molar-refractivity contribution < 1.29 is 23.8 Å². The van der Waals surface area contributed by atoms with E-state index in [4.69, 9.17) is 25.8 Å². The van der Waals surface area contributed by atoms with Crippen molar-refractivity contribution in [2.45, 2.75) is 20.0 Å². The molecule has 0 aliphatic rings. The van der Waals surface area contributed by atoms with E-state index in [-0.39, 0.29) is 5.56 Å². The van der Waals surface area contributed by atoms with Gasteiger partial charge in [-0.05, 0) is 44.2 Å². The highest BCUT2D eigenvalue weighted by Crippen LogP contribution is 2.25. The summed E-state index contributed by atoms with van der Waals surface area (Å²) in [5, 5.41) is 3.06. The van der Waals surface area contributed by atoms with E-state index in [2.05, 4.69) is 5.32 Å². The van der Waals surface area contributed by atoms with E-state index in [9.17, 15) is 9.59 Å². The first-order valence-corrected chi connectivity index (χ1v) is 8.41. The van der Waals surface area contributed by atoms with Crippen LogP contribution in [0.3, 0.4) is 0 Å². The summed E-state index contributed by atoms with van der Waals surface area (Å²) in [6.07, 6.45) is -1.03. The number of carbonyl (C=O) groups is 2. The Balaban J connectivity index is 2.08. The second kappa shape index (κ2) is 9.10. The Bertz CT molecular complexity index is 793. The summed E-state index contributed by atoms with van der Waals surface area (Å²) in [5.41, 5.74) is 0.650. The number of ether oxygens (including phenoxy) is 3. The number of halogens is 1. The first-order valence-electron chi connectivity index (χ1n) is 8.03. The lowest BCUT2D eigenvalue weighted by atomic mass is 10.2. The largest absolute Gasteiger partial charge is 0.496 e. The molecule has 0 spiro atoms. The Kier molecular flexibility index (Phi) is 6.86. The van der Waals surface area contributed by atoms with Crippen LogP contribution in [0.5, 0.6) is 11.5 Å². The van der Waals surface area contributed by atoms with E-state index >= 15 is 0 Å². The summed E-state index contributed by atoms with van der Waals surface area (Å²) in [4.78, 5) is 24.7. The predicted molar refractivity (Wildman–Crippen MR) is 99.1 cm³/mol. The Labute approximate surface area is 157 Å². The van der Waals surface area contributed by atoms with Crippen LogP contribution in [0.15, 0.2) is 42.5 Å². The average molecular weight is 378 g/mol.